The standard InChI is InChI=1S/C23H21FN4O2S/c1-14-20-18(27-28-23(31)25-15-8-3-2-4-9-15)12-7-13-19(20)30-21(14)22(29)26-17-11-6-5-10-16(17)24/h2-6,8-11H,7,12-13H2,1H3,(H,26,29)(H2,25,28,31)/b27-18+. The molecule has 0 bridgehead atoms. The van der Waals surface area contributed by atoms with Crippen molar-refractivity contribution < 1.29 is 13.6 Å². The van der Waals surface area contributed by atoms with Gasteiger partial charge in [-0.2, -0.15) is 5.10 Å². The number of rotatable bonds is 4. The summed E-state index contributed by atoms with van der Waals surface area (Å²) in [6, 6.07) is 15.6. The average molecular weight is 437 g/mol. The molecule has 0 radical (unpaired) electrons. The lowest BCUT2D eigenvalue weighted by Gasteiger charge is -2.14. The van der Waals surface area contributed by atoms with Gasteiger partial charge >= 0.3 is 0 Å². The van der Waals surface area contributed by atoms with Crippen molar-refractivity contribution in [3.8, 4) is 0 Å². The summed E-state index contributed by atoms with van der Waals surface area (Å²) in [5.74, 6) is -0.140. The van der Waals surface area contributed by atoms with E-state index in [1.165, 1.54) is 12.1 Å². The van der Waals surface area contributed by atoms with Crippen molar-refractivity contribution >= 4 is 40.3 Å². The summed E-state index contributed by atoms with van der Waals surface area (Å²) in [5, 5.41) is 10.5. The zero-order chi connectivity index (χ0) is 21.8. The molecule has 1 amide bonds. The highest BCUT2D eigenvalue weighted by atomic mass is 32.1. The van der Waals surface area contributed by atoms with Crippen LogP contribution in [0.2, 0.25) is 0 Å². The number of amides is 1. The second-order valence-electron chi connectivity index (χ2n) is 7.13. The van der Waals surface area contributed by atoms with Crippen molar-refractivity contribution in [3.05, 3.63) is 83.1 Å². The van der Waals surface area contributed by atoms with Crippen LogP contribution in [0.5, 0.6) is 0 Å². The van der Waals surface area contributed by atoms with Gasteiger partial charge in [0.2, 0.25) is 0 Å². The smallest absolute Gasteiger partial charge is 0.291 e. The lowest BCUT2D eigenvalue weighted by molar-refractivity contribution is 0.0993. The normalized spacial score (nSPS) is 14.1. The Hall–Kier alpha value is -3.52. The number of hydrogen-bond donors (Lipinski definition) is 3. The summed E-state index contributed by atoms with van der Waals surface area (Å²) in [6.07, 6.45) is 2.27. The van der Waals surface area contributed by atoms with E-state index in [0.717, 1.165) is 29.8 Å². The number of fused-ring (bicyclic) bond motifs is 1. The number of nitrogens with one attached hydrogen (secondary N) is 3. The zero-order valence-electron chi connectivity index (χ0n) is 16.9. The topological polar surface area (TPSA) is 78.7 Å². The molecule has 1 aromatic heterocycles. The number of carbonyl (C=O) groups excluding carboxylic acids is 1. The predicted molar refractivity (Wildman–Crippen MR) is 123 cm³/mol. The van der Waals surface area contributed by atoms with Gasteiger partial charge in [-0.25, -0.2) is 4.39 Å². The fraction of sp³-hybridized carbons (Fsp3) is 0.174. The zero-order valence-corrected chi connectivity index (χ0v) is 17.7. The van der Waals surface area contributed by atoms with Crippen LogP contribution in [0.25, 0.3) is 0 Å². The van der Waals surface area contributed by atoms with E-state index < -0.39 is 11.7 Å². The molecule has 0 unspecified atom stereocenters. The molecular weight excluding hydrogens is 415 g/mol. The average Bonchev–Trinajstić information content (AvgIpc) is 3.12. The maximum atomic E-state index is 13.9. The number of nitrogens with zero attached hydrogens (tertiary/aromatic N) is 1. The number of hydrazone groups is 1. The van der Waals surface area contributed by atoms with Gasteiger partial charge in [-0.15, -0.1) is 0 Å². The van der Waals surface area contributed by atoms with Crippen LogP contribution >= 0.6 is 12.2 Å². The molecule has 0 aliphatic heterocycles. The first-order valence-electron chi connectivity index (χ1n) is 9.90. The number of thiocarbonyl (C=S) groups is 1. The molecule has 0 saturated heterocycles. The van der Waals surface area contributed by atoms with E-state index >= 15 is 0 Å². The second-order valence-corrected chi connectivity index (χ2v) is 7.54. The van der Waals surface area contributed by atoms with Crippen LogP contribution in [0.15, 0.2) is 64.1 Å². The van der Waals surface area contributed by atoms with Crippen molar-refractivity contribution in [1.29, 1.82) is 0 Å². The maximum Gasteiger partial charge on any atom is 0.291 e. The lowest BCUT2D eigenvalue weighted by Crippen LogP contribution is -2.26. The fourth-order valence-electron chi connectivity index (χ4n) is 3.54. The number of anilines is 2. The third kappa shape index (κ3) is 4.64. The predicted octanol–water partition coefficient (Wildman–Crippen LogP) is 5.01. The molecule has 4 rings (SSSR count). The minimum Gasteiger partial charge on any atom is -0.455 e. The molecule has 2 aromatic carbocycles. The Bertz CT molecular complexity index is 1160. The fourth-order valence-corrected chi connectivity index (χ4v) is 3.70. The summed E-state index contributed by atoms with van der Waals surface area (Å²) in [4.78, 5) is 12.7. The van der Waals surface area contributed by atoms with E-state index in [-0.39, 0.29) is 11.4 Å². The van der Waals surface area contributed by atoms with E-state index in [4.69, 9.17) is 16.6 Å². The van der Waals surface area contributed by atoms with Crippen LogP contribution in [-0.2, 0) is 6.42 Å². The number of carbonyl (C=O) groups is 1. The van der Waals surface area contributed by atoms with E-state index in [2.05, 4.69) is 21.2 Å². The Morgan fingerprint density at radius 2 is 1.81 bits per heavy atom. The Kier molecular flexibility index (Phi) is 6.08. The molecule has 3 N–H and O–H groups in total. The van der Waals surface area contributed by atoms with Crippen LogP contribution in [0, 0.1) is 12.7 Å². The minimum absolute atomic E-state index is 0.106. The number of halogens is 1. The number of benzene rings is 2. The van der Waals surface area contributed by atoms with Crippen LogP contribution in [0.3, 0.4) is 0 Å². The number of hydrogen-bond acceptors (Lipinski definition) is 4. The largest absolute Gasteiger partial charge is 0.455 e. The molecule has 0 fully saturated rings. The van der Waals surface area contributed by atoms with Crippen LogP contribution in [0.1, 0.15) is 40.3 Å². The van der Waals surface area contributed by atoms with Crippen molar-refractivity contribution in [2.24, 2.45) is 5.10 Å². The first kappa shape index (κ1) is 20.7. The molecule has 6 nitrogen and oxygen atoms in total. The summed E-state index contributed by atoms with van der Waals surface area (Å²) in [6.45, 7) is 1.81. The third-order valence-corrected chi connectivity index (χ3v) is 5.17. The SMILES string of the molecule is Cc1c(C(=O)Nc2ccccc2F)oc2c1/C(=N/NC(=S)Nc1ccccc1)CCC2. The van der Waals surface area contributed by atoms with Crippen LogP contribution in [0.4, 0.5) is 15.8 Å². The molecule has 3 aromatic rings. The molecule has 1 aliphatic rings. The molecule has 0 saturated carbocycles. The van der Waals surface area contributed by atoms with Gasteiger partial charge in [0, 0.05) is 23.2 Å². The van der Waals surface area contributed by atoms with Gasteiger partial charge in [-0.3, -0.25) is 10.2 Å². The highest BCUT2D eigenvalue weighted by molar-refractivity contribution is 7.80. The molecule has 1 aliphatic carbocycles. The highest BCUT2D eigenvalue weighted by Gasteiger charge is 2.28. The van der Waals surface area contributed by atoms with Crippen molar-refractivity contribution in [2.45, 2.75) is 26.2 Å². The highest BCUT2D eigenvalue weighted by Crippen LogP contribution is 2.30. The summed E-state index contributed by atoms with van der Waals surface area (Å²) >= 11 is 5.32. The molecule has 158 valence electrons. The second kappa shape index (κ2) is 9.09. The van der Waals surface area contributed by atoms with E-state index in [1.807, 2.05) is 30.3 Å². The maximum absolute atomic E-state index is 13.9. The van der Waals surface area contributed by atoms with E-state index in [1.54, 1.807) is 19.1 Å². The Morgan fingerprint density at radius 3 is 2.58 bits per heavy atom. The third-order valence-electron chi connectivity index (χ3n) is 4.98. The van der Waals surface area contributed by atoms with Gasteiger partial charge in [-0.05, 0) is 56.2 Å². The first-order chi connectivity index (χ1) is 15.0. The Labute approximate surface area is 184 Å². The quantitative estimate of drug-likeness (QED) is 0.396. The molecular formula is C23H21FN4O2S. The van der Waals surface area contributed by atoms with Gasteiger partial charge in [0.15, 0.2) is 10.9 Å². The Balaban J connectivity index is 1.52. The van der Waals surface area contributed by atoms with Gasteiger partial charge in [0.05, 0.1) is 11.4 Å². The lowest BCUT2D eigenvalue weighted by atomic mass is 9.93. The van der Waals surface area contributed by atoms with Crippen molar-refractivity contribution in [2.75, 3.05) is 10.6 Å². The van der Waals surface area contributed by atoms with E-state index in [0.29, 0.717) is 22.9 Å². The first-order valence-corrected chi connectivity index (χ1v) is 10.3. The van der Waals surface area contributed by atoms with Gasteiger partial charge in [0.25, 0.3) is 5.91 Å². The van der Waals surface area contributed by atoms with Gasteiger partial charge in [-0.1, -0.05) is 30.3 Å². The minimum atomic E-state index is -0.504. The summed E-state index contributed by atoms with van der Waals surface area (Å²) in [7, 11) is 0. The van der Waals surface area contributed by atoms with Gasteiger partial charge in [0.1, 0.15) is 11.6 Å². The molecule has 1 heterocycles. The number of para-hydroxylation sites is 2. The van der Waals surface area contributed by atoms with Gasteiger partial charge < -0.3 is 15.1 Å². The number of furan rings is 1. The monoisotopic (exact) mass is 436 g/mol. The number of aryl methyl sites for hydroxylation is 1. The molecule has 31 heavy (non-hydrogen) atoms. The molecule has 0 atom stereocenters. The van der Waals surface area contributed by atoms with Crippen LogP contribution in [-0.4, -0.2) is 16.7 Å². The molecule has 8 heteroatoms. The molecule has 0 spiro atoms. The van der Waals surface area contributed by atoms with Crippen molar-refractivity contribution in [3.63, 3.8) is 0 Å². The summed E-state index contributed by atoms with van der Waals surface area (Å²) < 4.78 is 19.7. The summed E-state index contributed by atoms with van der Waals surface area (Å²) in [5.41, 5.74) is 6.08. The van der Waals surface area contributed by atoms with E-state index in [9.17, 15) is 9.18 Å². The van der Waals surface area contributed by atoms with Crippen molar-refractivity contribution in [1.82, 2.24) is 5.43 Å². The Morgan fingerprint density at radius 1 is 1.06 bits per heavy atom. The van der Waals surface area contributed by atoms with Crippen LogP contribution < -0.4 is 16.1 Å².